The number of nitrogens with one attached hydrogen (secondary N) is 1. The second-order valence-corrected chi connectivity index (χ2v) is 4.50. The van der Waals surface area contributed by atoms with E-state index in [0.29, 0.717) is 6.54 Å². The normalized spacial score (nSPS) is 10.7. The summed E-state index contributed by atoms with van der Waals surface area (Å²) in [5.74, 6) is 2.45. The fourth-order valence-electron chi connectivity index (χ4n) is 2.17. The second-order valence-electron chi connectivity index (χ2n) is 4.50. The lowest BCUT2D eigenvalue weighted by Crippen LogP contribution is -2.02. The van der Waals surface area contributed by atoms with Gasteiger partial charge in [-0.25, -0.2) is 4.98 Å². The van der Waals surface area contributed by atoms with Crippen LogP contribution in [0.1, 0.15) is 11.5 Å². The van der Waals surface area contributed by atoms with Gasteiger partial charge in [-0.3, -0.25) is 0 Å². The zero-order valence-electron chi connectivity index (χ0n) is 11.4. The van der Waals surface area contributed by atoms with Crippen molar-refractivity contribution in [1.29, 1.82) is 0 Å². The van der Waals surface area contributed by atoms with Gasteiger partial charge in [-0.2, -0.15) is 0 Å². The monoisotopic (exact) mass is 269 g/mol. The van der Waals surface area contributed by atoms with Crippen LogP contribution in [-0.4, -0.2) is 17.3 Å². The molecule has 0 bridgehead atoms. The SMILES string of the molecule is COc1cccc2c(NCc3cc(C)on3)nccc12. The van der Waals surface area contributed by atoms with Crippen LogP contribution in [-0.2, 0) is 6.54 Å². The van der Waals surface area contributed by atoms with Crippen LogP contribution >= 0.6 is 0 Å². The Balaban J connectivity index is 1.91. The Hall–Kier alpha value is -2.56. The molecule has 0 spiro atoms. The van der Waals surface area contributed by atoms with Crippen molar-refractivity contribution in [2.75, 3.05) is 12.4 Å². The van der Waals surface area contributed by atoms with E-state index < -0.39 is 0 Å². The molecule has 0 saturated heterocycles. The quantitative estimate of drug-likeness (QED) is 0.788. The van der Waals surface area contributed by atoms with Gasteiger partial charge in [0.15, 0.2) is 0 Å². The van der Waals surface area contributed by atoms with E-state index in [1.807, 2.05) is 37.3 Å². The van der Waals surface area contributed by atoms with Crippen LogP contribution in [0, 0.1) is 6.92 Å². The molecule has 0 atom stereocenters. The summed E-state index contributed by atoms with van der Waals surface area (Å²) in [6.45, 7) is 2.44. The second kappa shape index (κ2) is 5.21. The molecule has 2 aromatic heterocycles. The summed E-state index contributed by atoms with van der Waals surface area (Å²) in [7, 11) is 1.67. The number of hydrogen-bond donors (Lipinski definition) is 1. The Bertz CT molecular complexity index is 737. The highest BCUT2D eigenvalue weighted by Gasteiger charge is 2.07. The minimum absolute atomic E-state index is 0.570. The molecule has 5 heteroatoms. The third-order valence-corrected chi connectivity index (χ3v) is 3.10. The number of aromatic nitrogens is 2. The summed E-state index contributed by atoms with van der Waals surface area (Å²) in [5, 5.41) is 9.29. The van der Waals surface area contributed by atoms with Crippen molar-refractivity contribution in [2.24, 2.45) is 0 Å². The number of anilines is 1. The van der Waals surface area contributed by atoms with Gasteiger partial charge >= 0.3 is 0 Å². The van der Waals surface area contributed by atoms with Crippen molar-refractivity contribution in [2.45, 2.75) is 13.5 Å². The van der Waals surface area contributed by atoms with E-state index in [-0.39, 0.29) is 0 Å². The van der Waals surface area contributed by atoms with Crippen LogP contribution in [0.15, 0.2) is 41.1 Å². The molecule has 5 nitrogen and oxygen atoms in total. The topological polar surface area (TPSA) is 60.2 Å². The Labute approximate surface area is 116 Å². The van der Waals surface area contributed by atoms with Crippen LogP contribution < -0.4 is 10.1 Å². The smallest absolute Gasteiger partial charge is 0.134 e. The van der Waals surface area contributed by atoms with Gasteiger partial charge in [-0.05, 0) is 19.1 Å². The highest BCUT2D eigenvalue weighted by Crippen LogP contribution is 2.29. The van der Waals surface area contributed by atoms with Gasteiger partial charge in [-0.15, -0.1) is 0 Å². The minimum Gasteiger partial charge on any atom is -0.496 e. The van der Waals surface area contributed by atoms with Crippen molar-refractivity contribution in [3.63, 3.8) is 0 Å². The standard InChI is InChI=1S/C15H15N3O2/c1-10-8-11(18-20-10)9-17-15-13-4-3-5-14(19-2)12(13)6-7-16-15/h3-8H,9H2,1-2H3,(H,16,17). The van der Waals surface area contributed by atoms with Crippen LogP contribution in [0.3, 0.4) is 0 Å². The number of ether oxygens (including phenoxy) is 1. The number of benzene rings is 1. The van der Waals surface area contributed by atoms with Crippen LogP contribution in [0.2, 0.25) is 0 Å². The van der Waals surface area contributed by atoms with Crippen molar-refractivity contribution in [1.82, 2.24) is 10.1 Å². The first kappa shape index (κ1) is 12.5. The highest BCUT2D eigenvalue weighted by molar-refractivity contribution is 5.95. The van der Waals surface area contributed by atoms with Gasteiger partial charge in [0.2, 0.25) is 0 Å². The highest BCUT2D eigenvalue weighted by atomic mass is 16.5. The third-order valence-electron chi connectivity index (χ3n) is 3.10. The predicted octanol–water partition coefficient (Wildman–Crippen LogP) is 3.15. The number of nitrogens with zero attached hydrogens (tertiary/aromatic N) is 2. The lowest BCUT2D eigenvalue weighted by molar-refractivity contribution is 0.391. The van der Waals surface area contributed by atoms with Gasteiger partial charge in [0.05, 0.1) is 13.7 Å². The van der Waals surface area contributed by atoms with Crippen molar-refractivity contribution in [3.05, 3.63) is 48.0 Å². The fraction of sp³-hybridized carbons (Fsp3) is 0.200. The first-order valence-corrected chi connectivity index (χ1v) is 6.35. The molecule has 3 rings (SSSR count). The molecule has 20 heavy (non-hydrogen) atoms. The van der Waals surface area contributed by atoms with E-state index in [2.05, 4.69) is 15.5 Å². The average molecular weight is 269 g/mol. The summed E-state index contributed by atoms with van der Waals surface area (Å²) < 4.78 is 10.4. The van der Waals surface area contributed by atoms with E-state index >= 15 is 0 Å². The Kier molecular flexibility index (Phi) is 3.25. The van der Waals surface area contributed by atoms with Gasteiger partial charge < -0.3 is 14.6 Å². The molecular formula is C15H15N3O2. The summed E-state index contributed by atoms with van der Waals surface area (Å²) >= 11 is 0. The maximum absolute atomic E-state index is 5.37. The Morgan fingerprint density at radius 3 is 2.90 bits per heavy atom. The Morgan fingerprint density at radius 1 is 1.25 bits per heavy atom. The fourth-order valence-corrected chi connectivity index (χ4v) is 2.17. The number of pyridine rings is 1. The zero-order valence-corrected chi connectivity index (χ0v) is 11.4. The summed E-state index contributed by atoms with van der Waals surface area (Å²) in [4.78, 5) is 4.38. The molecule has 3 aromatic rings. The molecule has 0 aliphatic heterocycles. The maximum Gasteiger partial charge on any atom is 0.134 e. The number of methoxy groups -OCH3 is 1. The molecule has 0 amide bonds. The number of rotatable bonds is 4. The van der Waals surface area contributed by atoms with Crippen LogP contribution in [0.4, 0.5) is 5.82 Å². The summed E-state index contributed by atoms with van der Waals surface area (Å²) in [6, 6.07) is 9.75. The molecule has 0 aliphatic rings. The molecular weight excluding hydrogens is 254 g/mol. The van der Waals surface area contributed by atoms with Crippen LogP contribution in [0.25, 0.3) is 10.8 Å². The molecule has 0 saturated carbocycles. The molecule has 1 N–H and O–H groups in total. The number of aryl methyl sites for hydroxylation is 1. The van der Waals surface area contributed by atoms with Crippen molar-refractivity contribution >= 4 is 16.6 Å². The molecule has 1 aromatic carbocycles. The van der Waals surface area contributed by atoms with Gasteiger partial charge in [-0.1, -0.05) is 17.3 Å². The van der Waals surface area contributed by atoms with E-state index in [4.69, 9.17) is 9.26 Å². The van der Waals surface area contributed by atoms with Gasteiger partial charge in [0.1, 0.15) is 23.0 Å². The number of fused-ring (bicyclic) bond motifs is 1. The first-order valence-electron chi connectivity index (χ1n) is 6.35. The maximum atomic E-state index is 5.37. The molecule has 2 heterocycles. The minimum atomic E-state index is 0.570. The van der Waals surface area contributed by atoms with E-state index in [1.165, 1.54) is 0 Å². The summed E-state index contributed by atoms with van der Waals surface area (Å²) in [5.41, 5.74) is 0.851. The largest absolute Gasteiger partial charge is 0.496 e. The van der Waals surface area contributed by atoms with E-state index in [1.54, 1.807) is 13.3 Å². The number of hydrogen-bond acceptors (Lipinski definition) is 5. The molecule has 0 unspecified atom stereocenters. The zero-order chi connectivity index (χ0) is 13.9. The van der Waals surface area contributed by atoms with Crippen LogP contribution in [0.5, 0.6) is 5.75 Å². The lowest BCUT2D eigenvalue weighted by Gasteiger charge is -2.09. The van der Waals surface area contributed by atoms with Crippen molar-refractivity contribution in [3.8, 4) is 5.75 Å². The van der Waals surface area contributed by atoms with E-state index in [0.717, 1.165) is 33.8 Å². The summed E-state index contributed by atoms with van der Waals surface area (Å²) in [6.07, 6.45) is 1.77. The lowest BCUT2D eigenvalue weighted by atomic mass is 10.1. The third kappa shape index (κ3) is 2.30. The first-order chi connectivity index (χ1) is 9.78. The predicted molar refractivity (Wildman–Crippen MR) is 76.9 cm³/mol. The Morgan fingerprint density at radius 2 is 2.15 bits per heavy atom. The molecule has 0 fully saturated rings. The molecule has 102 valence electrons. The van der Waals surface area contributed by atoms with Gasteiger partial charge in [0, 0.05) is 23.0 Å². The van der Waals surface area contributed by atoms with Gasteiger partial charge in [0.25, 0.3) is 0 Å². The molecule has 0 aliphatic carbocycles. The van der Waals surface area contributed by atoms with E-state index in [9.17, 15) is 0 Å². The molecule has 0 radical (unpaired) electrons. The average Bonchev–Trinajstić information content (AvgIpc) is 2.90. The van der Waals surface area contributed by atoms with Crippen molar-refractivity contribution < 1.29 is 9.26 Å².